The second-order valence-electron chi connectivity index (χ2n) is 9.49. The van der Waals surface area contributed by atoms with E-state index in [-0.39, 0.29) is 0 Å². The van der Waals surface area contributed by atoms with E-state index >= 15 is 0 Å². The molecule has 6 heteroatoms. The predicted octanol–water partition coefficient (Wildman–Crippen LogP) is 5.05. The second kappa shape index (κ2) is 9.11. The van der Waals surface area contributed by atoms with Crippen LogP contribution in [-0.2, 0) is 0 Å². The van der Waals surface area contributed by atoms with E-state index in [1.165, 1.54) is 29.4 Å². The Morgan fingerprint density at radius 2 is 1.79 bits per heavy atom. The molecule has 0 unspecified atom stereocenters. The van der Waals surface area contributed by atoms with E-state index in [9.17, 15) is 0 Å². The lowest BCUT2D eigenvalue weighted by atomic mass is 9.98. The molecule has 6 nitrogen and oxygen atoms in total. The van der Waals surface area contributed by atoms with E-state index in [1.807, 2.05) is 30.9 Å². The lowest BCUT2D eigenvalue weighted by Gasteiger charge is -2.33. The van der Waals surface area contributed by atoms with Crippen molar-refractivity contribution in [1.82, 2.24) is 25.3 Å². The minimum absolute atomic E-state index is 0.462. The molecule has 6 rings (SSSR count). The topological polar surface area (TPSA) is 66.8 Å². The van der Waals surface area contributed by atoms with Crippen molar-refractivity contribution in [2.24, 2.45) is 0 Å². The van der Waals surface area contributed by atoms with Gasteiger partial charge < -0.3 is 10.2 Å². The molecular formula is C28H30N6. The smallest absolute Gasteiger partial charge is 0.162 e. The van der Waals surface area contributed by atoms with Crippen LogP contribution in [0, 0.1) is 0 Å². The lowest BCUT2D eigenvalue weighted by molar-refractivity contribution is 0.442. The Bertz CT molecular complexity index is 1300. The summed E-state index contributed by atoms with van der Waals surface area (Å²) in [7, 11) is 2.20. The minimum Gasteiger partial charge on any atom is -0.356 e. The van der Waals surface area contributed by atoms with Crippen LogP contribution in [0.2, 0.25) is 0 Å². The molecule has 1 saturated heterocycles. The van der Waals surface area contributed by atoms with Crippen molar-refractivity contribution < 1.29 is 0 Å². The molecule has 0 bridgehead atoms. The molecule has 4 heterocycles. The molecule has 3 aromatic rings. The number of rotatable bonds is 5. The van der Waals surface area contributed by atoms with Gasteiger partial charge in [0, 0.05) is 48.2 Å². The fraction of sp³-hybridized carbons (Fsp3) is 0.357. The maximum Gasteiger partial charge on any atom is 0.162 e. The second-order valence-corrected chi connectivity index (χ2v) is 9.49. The Balaban J connectivity index is 1.53. The Morgan fingerprint density at radius 3 is 2.65 bits per heavy atom. The van der Waals surface area contributed by atoms with Crippen LogP contribution in [0.1, 0.15) is 49.1 Å². The number of pyridine rings is 2. The van der Waals surface area contributed by atoms with E-state index in [4.69, 9.17) is 9.97 Å². The van der Waals surface area contributed by atoms with Gasteiger partial charge in [0.2, 0.25) is 0 Å². The zero-order valence-electron chi connectivity index (χ0n) is 19.6. The highest BCUT2D eigenvalue weighted by Gasteiger charge is 2.30. The van der Waals surface area contributed by atoms with Gasteiger partial charge in [0.05, 0.1) is 11.7 Å². The largest absolute Gasteiger partial charge is 0.356 e. The van der Waals surface area contributed by atoms with Crippen LogP contribution in [0.4, 0.5) is 5.82 Å². The fourth-order valence-corrected chi connectivity index (χ4v) is 5.16. The van der Waals surface area contributed by atoms with Crippen molar-refractivity contribution >= 4 is 22.3 Å². The van der Waals surface area contributed by atoms with Crippen molar-refractivity contribution in [3.05, 3.63) is 72.4 Å². The van der Waals surface area contributed by atoms with E-state index in [0.29, 0.717) is 12.0 Å². The molecule has 2 fully saturated rings. The predicted molar refractivity (Wildman–Crippen MR) is 138 cm³/mol. The first-order chi connectivity index (χ1) is 16.8. The molecule has 172 valence electrons. The third-order valence-electron chi connectivity index (χ3n) is 7.23. The first kappa shape index (κ1) is 21.2. The van der Waals surface area contributed by atoms with Crippen LogP contribution in [0.5, 0.6) is 0 Å². The summed E-state index contributed by atoms with van der Waals surface area (Å²) in [6, 6.07) is 2.51. The maximum atomic E-state index is 5.27. The molecule has 1 N–H and O–H groups in total. The summed E-state index contributed by atoms with van der Waals surface area (Å²) in [6.45, 7) is 2.09. The molecule has 0 amide bonds. The first-order valence-electron chi connectivity index (χ1n) is 12.4. The summed E-state index contributed by atoms with van der Waals surface area (Å²) < 4.78 is 0. The van der Waals surface area contributed by atoms with Crippen molar-refractivity contribution in [2.45, 2.75) is 44.1 Å². The van der Waals surface area contributed by atoms with Gasteiger partial charge >= 0.3 is 0 Å². The molecule has 0 spiro atoms. The van der Waals surface area contributed by atoms with Crippen LogP contribution < -0.4 is 10.2 Å². The third-order valence-corrected chi connectivity index (χ3v) is 7.23. The monoisotopic (exact) mass is 450 g/mol. The molecular weight excluding hydrogens is 420 g/mol. The summed E-state index contributed by atoms with van der Waals surface area (Å²) in [6.07, 6.45) is 23.8. The molecule has 1 aliphatic heterocycles. The number of nitrogens with one attached hydrogen (secondary N) is 1. The highest BCUT2D eigenvalue weighted by molar-refractivity contribution is 5.94. The van der Waals surface area contributed by atoms with Crippen molar-refractivity contribution in [3.63, 3.8) is 0 Å². The van der Waals surface area contributed by atoms with Gasteiger partial charge in [-0.25, -0.2) is 9.97 Å². The molecule has 3 aliphatic rings. The van der Waals surface area contributed by atoms with Crippen LogP contribution in [0.3, 0.4) is 0 Å². The number of fused-ring (bicyclic) bond motifs is 1. The maximum absolute atomic E-state index is 5.27. The Labute approximate surface area is 200 Å². The number of aromatic nitrogens is 4. The van der Waals surface area contributed by atoms with Crippen LogP contribution in [0.25, 0.3) is 27.9 Å². The molecule has 3 aromatic heterocycles. The van der Waals surface area contributed by atoms with E-state index in [0.717, 1.165) is 60.6 Å². The Morgan fingerprint density at radius 1 is 0.912 bits per heavy atom. The number of allylic oxidation sites excluding steroid dienone is 6. The van der Waals surface area contributed by atoms with Crippen LogP contribution in [0.15, 0.2) is 61.2 Å². The Hall–Kier alpha value is -3.38. The zero-order chi connectivity index (χ0) is 22.9. The number of hydrogen-bond donors (Lipinski definition) is 1. The van der Waals surface area contributed by atoms with Gasteiger partial charge in [-0.15, -0.1) is 0 Å². The number of piperidine rings is 1. The highest BCUT2D eigenvalue weighted by Crippen LogP contribution is 2.45. The third kappa shape index (κ3) is 4.03. The molecule has 0 atom stereocenters. The van der Waals surface area contributed by atoms with Crippen molar-refractivity contribution in [3.8, 4) is 11.4 Å². The standard InChI is InChI=1S/C28H30N6/c1-34(21-10-13-29-14-11-21)28-26-24(20-8-9-20)17-31-18-25(26)32-27(33-28)22-12-15-30-16-23(22)19-6-4-2-3-5-7-19/h2-6,12,15-18,20-21,29H,7-11,13-14H2,1H3. The normalized spacial score (nSPS) is 18.7. The van der Waals surface area contributed by atoms with Gasteiger partial charge in [-0.2, -0.15) is 0 Å². The van der Waals surface area contributed by atoms with E-state index < -0.39 is 0 Å². The average molecular weight is 451 g/mol. The fourth-order valence-electron chi connectivity index (χ4n) is 5.16. The number of anilines is 1. The van der Waals surface area contributed by atoms with Crippen molar-refractivity contribution in [2.75, 3.05) is 25.0 Å². The summed E-state index contributed by atoms with van der Waals surface area (Å²) >= 11 is 0. The van der Waals surface area contributed by atoms with Crippen molar-refractivity contribution in [1.29, 1.82) is 0 Å². The highest BCUT2D eigenvalue weighted by atomic mass is 15.2. The SMILES string of the molecule is CN(c1nc(-c2ccncc2C2=CC=CC=CC2)nc2cncc(C3CC3)c12)C1CCNCC1. The summed E-state index contributed by atoms with van der Waals surface area (Å²) in [4.78, 5) is 21.8. The van der Waals surface area contributed by atoms with Gasteiger partial charge in [-0.3, -0.25) is 9.97 Å². The first-order valence-corrected chi connectivity index (χ1v) is 12.4. The van der Waals surface area contributed by atoms with Crippen LogP contribution >= 0.6 is 0 Å². The molecule has 0 aromatic carbocycles. The molecule has 2 aliphatic carbocycles. The van der Waals surface area contributed by atoms with Gasteiger partial charge in [0.15, 0.2) is 5.82 Å². The number of hydrogen-bond acceptors (Lipinski definition) is 6. The quantitative estimate of drug-likeness (QED) is 0.587. The molecule has 1 saturated carbocycles. The zero-order valence-corrected chi connectivity index (χ0v) is 19.6. The Kier molecular flexibility index (Phi) is 5.67. The van der Waals surface area contributed by atoms with Crippen LogP contribution in [-0.4, -0.2) is 46.1 Å². The van der Waals surface area contributed by atoms with Gasteiger partial charge in [0.25, 0.3) is 0 Å². The van der Waals surface area contributed by atoms with Gasteiger partial charge in [-0.05, 0) is 68.3 Å². The lowest BCUT2D eigenvalue weighted by Crippen LogP contribution is -2.41. The summed E-state index contributed by atoms with van der Waals surface area (Å²) in [5.74, 6) is 2.36. The number of nitrogens with zero attached hydrogens (tertiary/aromatic N) is 5. The molecule has 34 heavy (non-hydrogen) atoms. The average Bonchev–Trinajstić information content (AvgIpc) is 3.76. The van der Waals surface area contributed by atoms with Gasteiger partial charge in [0.1, 0.15) is 5.82 Å². The molecule has 0 radical (unpaired) electrons. The summed E-state index contributed by atoms with van der Waals surface area (Å²) in [5.41, 5.74) is 5.55. The minimum atomic E-state index is 0.462. The van der Waals surface area contributed by atoms with E-state index in [2.05, 4.69) is 57.6 Å². The summed E-state index contributed by atoms with van der Waals surface area (Å²) in [5, 5.41) is 4.67. The van der Waals surface area contributed by atoms with E-state index in [1.54, 1.807) is 0 Å². The van der Waals surface area contributed by atoms with Gasteiger partial charge in [-0.1, -0.05) is 30.4 Å².